The second kappa shape index (κ2) is 8.10. The van der Waals surface area contributed by atoms with E-state index < -0.39 is 29.7 Å². The standard InChI is InChI=1S/C22H21N3O6/c1-4-31-22(28)18-17-19(25(23-18)13-8-7-9-14(12-13)29-2)21(27)24(20(17)26)15-10-5-6-11-16(15)30-3/h5-12,17,19H,4H2,1-3H3. The Morgan fingerprint density at radius 1 is 1.03 bits per heavy atom. The van der Waals surface area contributed by atoms with Crippen molar-refractivity contribution in [3.05, 3.63) is 48.5 Å². The van der Waals surface area contributed by atoms with Crippen molar-refractivity contribution in [2.75, 3.05) is 30.7 Å². The first kappa shape index (κ1) is 20.4. The molecule has 1 fully saturated rings. The van der Waals surface area contributed by atoms with Gasteiger partial charge in [0.25, 0.3) is 5.91 Å². The number of carbonyl (C=O) groups is 3. The Labute approximate surface area is 178 Å². The van der Waals surface area contributed by atoms with E-state index in [0.717, 1.165) is 4.90 Å². The van der Waals surface area contributed by atoms with Crippen LogP contribution in [0.15, 0.2) is 53.6 Å². The molecule has 2 aliphatic rings. The summed E-state index contributed by atoms with van der Waals surface area (Å²) in [7, 11) is 2.98. The molecule has 2 heterocycles. The Morgan fingerprint density at radius 2 is 1.81 bits per heavy atom. The summed E-state index contributed by atoms with van der Waals surface area (Å²) in [5, 5.41) is 5.71. The van der Waals surface area contributed by atoms with E-state index in [4.69, 9.17) is 14.2 Å². The summed E-state index contributed by atoms with van der Waals surface area (Å²) in [5.41, 5.74) is 0.713. The monoisotopic (exact) mass is 423 g/mol. The Morgan fingerprint density at radius 3 is 2.52 bits per heavy atom. The van der Waals surface area contributed by atoms with Gasteiger partial charge in [0.2, 0.25) is 5.91 Å². The van der Waals surface area contributed by atoms with Crippen molar-refractivity contribution in [2.24, 2.45) is 11.0 Å². The van der Waals surface area contributed by atoms with Crippen LogP contribution in [-0.4, -0.2) is 50.4 Å². The summed E-state index contributed by atoms with van der Waals surface area (Å²) in [6.07, 6.45) is 0. The summed E-state index contributed by atoms with van der Waals surface area (Å²) < 4.78 is 15.7. The van der Waals surface area contributed by atoms with Crippen molar-refractivity contribution in [1.82, 2.24) is 0 Å². The first-order chi connectivity index (χ1) is 15.0. The number of hydrazone groups is 1. The number of imide groups is 1. The predicted molar refractivity (Wildman–Crippen MR) is 112 cm³/mol. The lowest BCUT2D eigenvalue weighted by Crippen LogP contribution is -2.39. The van der Waals surface area contributed by atoms with Gasteiger partial charge in [0.1, 0.15) is 23.5 Å². The number of ether oxygens (including phenoxy) is 3. The number of rotatable bonds is 6. The topological polar surface area (TPSA) is 97.7 Å². The van der Waals surface area contributed by atoms with Crippen LogP contribution < -0.4 is 19.4 Å². The van der Waals surface area contributed by atoms with Crippen LogP contribution >= 0.6 is 0 Å². The highest BCUT2D eigenvalue weighted by atomic mass is 16.5. The molecule has 1 saturated heterocycles. The molecular weight excluding hydrogens is 402 g/mol. The molecule has 2 aromatic carbocycles. The second-order valence-corrected chi connectivity index (χ2v) is 6.86. The maximum Gasteiger partial charge on any atom is 0.355 e. The van der Waals surface area contributed by atoms with E-state index in [9.17, 15) is 14.4 Å². The summed E-state index contributed by atoms with van der Waals surface area (Å²) in [6, 6.07) is 12.6. The highest BCUT2D eigenvalue weighted by Gasteiger charge is 2.59. The molecule has 160 valence electrons. The number of esters is 1. The minimum atomic E-state index is -1.09. The van der Waals surface area contributed by atoms with Gasteiger partial charge in [-0.05, 0) is 31.2 Å². The Bertz CT molecular complexity index is 1080. The van der Waals surface area contributed by atoms with E-state index in [1.54, 1.807) is 55.5 Å². The second-order valence-electron chi connectivity index (χ2n) is 6.86. The van der Waals surface area contributed by atoms with Crippen molar-refractivity contribution in [1.29, 1.82) is 0 Å². The summed E-state index contributed by atoms with van der Waals surface area (Å²) in [6.45, 7) is 1.78. The number of amides is 2. The van der Waals surface area contributed by atoms with Crippen molar-refractivity contribution in [3.8, 4) is 11.5 Å². The molecule has 31 heavy (non-hydrogen) atoms. The smallest absolute Gasteiger partial charge is 0.355 e. The third-order valence-corrected chi connectivity index (χ3v) is 5.18. The largest absolute Gasteiger partial charge is 0.497 e. The van der Waals surface area contributed by atoms with Crippen LogP contribution in [0.1, 0.15) is 6.92 Å². The molecule has 0 bridgehead atoms. The van der Waals surface area contributed by atoms with Gasteiger partial charge in [0.05, 0.1) is 32.2 Å². The van der Waals surface area contributed by atoms with Crippen molar-refractivity contribution < 1.29 is 28.6 Å². The van der Waals surface area contributed by atoms with Crippen molar-refractivity contribution >= 4 is 34.9 Å². The normalized spacial score (nSPS) is 19.9. The number of fused-ring (bicyclic) bond motifs is 1. The fourth-order valence-corrected chi connectivity index (χ4v) is 3.81. The van der Waals surface area contributed by atoms with Gasteiger partial charge >= 0.3 is 5.97 Å². The van der Waals surface area contributed by atoms with E-state index in [-0.39, 0.29) is 12.3 Å². The molecule has 0 spiro atoms. The van der Waals surface area contributed by atoms with Gasteiger partial charge in [0.15, 0.2) is 5.71 Å². The average Bonchev–Trinajstić information content (AvgIpc) is 3.31. The van der Waals surface area contributed by atoms with Crippen LogP contribution in [0.2, 0.25) is 0 Å². The molecule has 0 aromatic heterocycles. The van der Waals surface area contributed by atoms with Crippen LogP contribution in [-0.2, 0) is 19.1 Å². The molecule has 2 atom stereocenters. The minimum Gasteiger partial charge on any atom is -0.497 e. The molecule has 4 rings (SSSR count). The number of hydrogen-bond donors (Lipinski definition) is 0. The molecule has 0 N–H and O–H groups in total. The number of carbonyl (C=O) groups excluding carboxylic acids is 3. The quantitative estimate of drug-likeness (QED) is 0.518. The first-order valence-corrected chi connectivity index (χ1v) is 9.71. The highest BCUT2D eigenvalue weighted by Crippen LogP contribution is 2.41. The van der Waals surface area contributed by atoms with Crippen LogP contribution in [0.3, 0.4) is 0 Å². The lowest BCUT2D eigenvalue weighted by molar-refractivity contribution is -0.136. The van der Waals surface area contributed by atoms with Gasteiger partial charge in [-0.15, -0.1) is 0 Å². The van der Waals surface area contributed by atoms with Crippen LogP contribution in [0, 0.1) is 5.92 Å². The molecule has 2 aliphatic heterocycles. The molecule has 2 amide bonds. The number of para-hydroxylation sites is 2. The van der Waals surface area contributed by atoms with Gasteiger partial charge in [0, 0.05) is 6.07 Å². The number of hydrogen-bond acceptors (Lipinski definition) is 8. The third kappa shape index (κ3) is 3.27. The molecule has 0 saturated carbocycles. The van der Waals surface area contributed by atoms with E-state index in [1.165, 1.54) is 19.2 Å². The SMILES string of the molecule is CCOC(=O)C1=NN(c2cccc(OC)c2)C2C(=O)N(c3ccccc3OC)C(=O)C12. The zero-order chi connectivity index (χ0) is 22.1. The highest BCUT2D eigenvalue weighted by molar-refractivity contribution is 6.47. The van der Waals surface area contributed by atoms with Gasteiger partial charge in [-0.25, -0.2) is 9.69 Å². The van der Waals surface area contributed by atoms with E-state index in [0.29, 0.717) is 22.9 Å². The third-order valence-electron chi connectivity index (χ3n) is 5.18. The van der Waals surface area contributed by atoms with Crippen LogP contribution in [0.25, 0.3) is 0 Å². The van der Waals surface area contributed by atoms with E-state index in [2.05, 4.69) is 5.10 Å². The van der Waals surface area contributed by atoms with Crippen LogP contribution in [0.5, 0.6) is 11.5 Å². The Kier molecular flexibility index (Phi) is 5.33. The molecule has 0 aliphatic carbocycles. The maximum atomic E-state index is 13.5. The summed E-state index contributed by atoms with van der Waals surface area (Å²) in [5.74, 6) is -1.98. The molecule has 9 nitrogen and oxygen atoms in total. The first-order valence-electron chi connectivity index (χ1n) is 9.71. The van der Waals surface area contributed by atoms with Crippen molar-refractivity contribution in [3.63, 3.8) is 0 Å². The minimum absolute atomic E-state index is 0.106. The van der Waals surface area contributed by atoms with E-state index in [1.807, 2.05) is 0 Å². The zero-order valence-corrected chi connectivity index (χ0v) is 17.3. The van der Waals surface area contributed by atoms with E-state index >= 15 is 0 Å². The molecule has 2 aromatic rings. The molecule has 2 unspecified atom stereocenters. The zero-order valence-electron chi connectivity index (χ0n) is 17.3. The van der Waals surface area contributed by atoms with Crippen LogP contribution in [0.4, 0.5) is 11.4 Å². The molecule has 9 heteroatoms. The summed E-state index contributed by atoms with van der Waals surface area (Å²) in [4.78, 5) is 40.5. The maximum absolute atomic E-state index is 13.5. The number of methoxy groups -OCH3 is 2. The number of benzene rings is 2. The Hall–Kier alpha value is -3.88. The van der Waals surface area contributed by atoms with Gasteiger partial charge in [-0.3, -0.25) is 14.6 Å². The fourth-order valence-electron chi connectivity index (χ4n) is 3.81. The predicted octanol–water partition coefficient (Wildman–Crippen LogP) is 2.00. The number of nitrogens with zero attached hydrogens (tertiary/aromatic N) is 3. The fraction of sp³-hybridized carbons (Fsp3) is 0.273. The van der Waals surface area contributed by atoms with Gasteiger partial charge in [-0.2, -0.15) is 5.10 Å². The average molecular weight is 423 g/mol. The lowest BCUT2D eigenvalue weighted by atomic mass is 9.97. The van der Waals surface area contributed by atoms with Gasteiger partial charge < -0.3 is 14.2 Å². The Balaban J connectivity index is 1.82. The lowest BCUT2D eigenvalue weighted by Gasteiger charge is -2.23. The van der Waals surface area contributed by atoms with Gasteiger partial charge in [-0.1, -0.05) is 18.2 Å². The van der Waals surface area contributed by atoms with Crippen molar-refractivity contribution in [2.45, 2.75) is 13.0 Å². The number of anilines is 2. The molecular formula is C22H21N3O6. The molecule has 0 radical (unpaired) electrons. The summed E-state index contributed by atoms with van der Waals surface area (Å²) >= 11 is 0.